The van der Waals surface area contributed by atoms with E-state index in [1.54, 1.807) is 0 Å². The van der Waals surface area contributed by atoms with Gasteiger partial charge >= 0.3 is 7.82 Å². The fourth-order valence-electron chi connectivity index (χ4n) is 10.6. The summed E-state index contributed by atoms with van der Waals surface area (Å²) >= 11 is 0. The molecule has 0 aliphatic carbocycles. The van der Waals surface area contributed by atoms with Gasteiger partial charge in [0.2, 0.25) is 5.91 Å². The minimum absolute atomic E-state index is 0.0763. The van der Waals surface area contributed by atoms with Crippen molar-refractivity contribution >= 4 is 13.7 Å². The summed E-state index contributed by atoms with van der Waals surface area (Å²) in [6.45, 7) is 4.82. The number of phosphoric acid groups is 1. The number of aliphatic hydroxyl groups excluding tert-OH is 1. The zero-order valence-electron chi connectivity index (χ0n) is 54.5. The van der Waals surface area contributed by atoms with Crippen molar-refractivity contribution in [3.63, 3.8) is 0 Å². The lowest BCUT2D eigenvalue weighted by molar-refractivity contribution is -0.870. The lowest BCUT2D eigenvalue weighted by Crippen LogP contribution is -2.46. The Hall–Kier alpha value is -1.80. The quantitative estimate of drug-likeness (QED) is 0.0243. The van der Waals surface area contributed by atoms with Crippen LogP contribution >= 0.6 is 7.82 Å². The number of quaternary nitrogens is 1. The summed E-state index contributed by atoms with van der Waals surface area (Å²) in [6.07, 6.45) is 86.1. The van der Waals surface area contributed by atoms with Crippen LogP contribution in [0.15, 0.2) is 60.8 Å². The monoisotopic (exact) mass is 1160 g/mol. The van der Waals surface area contributed by atoms with E-state index < -0.39 is 20.0 Å². The Bertz CT molecular complexity index is 1500. The van der Waals surface area contributed by atoms with Crippen LogP contribution in [0.25, 0.3) is 0 Å². The molecule has 0 rings (SSSR count). The van der Waals surface area contributed by atoms with E-state index in [1.807, 2.05) is 21.1 Å². The summed E-state index contributed by atoms with van der Waals surface area (Å²) < 4.78 is 23.9. The van der Waals surface area contributed by atoms with Crippen molar-refractivity contribution < 1.29 is 32.9 Å². The van der Waals surface area contributed by atoms with Crippen LogP contribution in [-0.2, 0) is 18.4 Å². The largest absolute Gasteiger partial charge is 0.472 e. The van der Waals surface area contributed by atoms with Crippen LogP contribution in [0.1, 0.15) is 341 Å². The molecule has 3 N–H and O–H groups in total. The number of carbonyl (C=O) groups is 1. The van der Waals surface area contributed by atoms with Gasteiger partial charge < -0.3 is 19.8 Å². The van der Waals surface area contributed by atoms with Crippen molar-refractivity contribution in [1.29, 1.82) is 0 Å². The Labute approximate surface area is 504 Å². The van der Waals surface area contributed by atoms with Crippen LogP contribution in [0, 0.1) is 0 Å². The molecule has 0 heterocycles. The van der Waals surface area contributed by atoms with Crippen molar-refractivity contribution in [3.8, 4) is 0 Å². The SMILES string of the molecule is CC/C=C\C/C=C\C/C=C\C/C=C\C/C=C\CCCCCCCCCCCCCCCCCCCCCCCCCC(=O)NC(COP(=O)(O)OCC[N+](C)(C)C)C(O)CCCCCCCCCCCCCCCCCCCCCC. The zero-order chi connectivity index (χ0) is 59.1. The highest BCUT2D eigenvalue weighted by Gasteiger charge is 2.28. The second-order valence-corrected chi connectivity index (χ2v) is 26.7. The molecule has 0 aromatic heterocycles. The Morgan fingerprint density at radius 1 is 0.432 bits per heavy atom. The molecule has 3 atom stereocenters. The maximum absolute atomic E-state index is 13.1. The van der Waals surface area contributed by atoms with Gasteiger partial charge in [0.1, 0.15) is 13.2 Å². The third kappa shape index (κ3) is 65.6. The van der Waals surface area contributed by atoms with Gasteiger partial charge in [0, 0.05) is 6.42 Å². The topological polar surface area (TPSA) is 105 Å². The van der Waals surface area contributed by atoms with Gasteiger partial charge in [-0.05, 0) is 57.8 Å². The number of amides is 1. The number of nitrogens with one attached hydrogen (secondary N) is 1. The van der Waals surface area contributed by atoms with Crippen LogP contribution < -0.4 is 5.32 Å². The lowest BCUT2D eigenvalue weighted by Gasteiger charge is -2.26. The minimum Gasteiger partial charge on any atom is -0.391 e. The fourth-order valence-corrected chi connectivity index (χ4v) is 11.3. The second kappa shape index (κ2) is 62.7. The summed E-state index contributed by atoms with van der Waals surface area (Å²) in [4.78, 5) is 23.4. The standard InChI is InChI=1S/C72H137N2O6P/c1-6-8-10-12-14-16-18-20-22-24-26-28-29-30-31-32-33-34-35-36-37-38-39-40-41-42-43-44-45-46-48-50-52-54-56-58-60-62-64-66-72(76)73-70(69-80-81(77,78)79-68-67-74(3,4)5)71(75)65-63-61-59-57-55-53-51-49-47-27-25-23-21-19-17-15-13-11-9-7-2/h8,10,14,16,20,22,26,28,30-31,70-71,75H,6-7,9,11-13,15,17-19,21,23-25,27,29,32-69H2,1-5H3,(H-,73,76,77,78)/p+1/b10-8-,16-14-,22-20-,28-26-,31-30-. The predicted molar refractivity (Wildman–Crippen MR) is 355 cm³/mol. The van der Waals surface area contributed by atoms with Crippen molar-refractivity contribution in [2.75, 3.05) is 40.9 Å². The molecule has 3 unspecified atom stereocenters. The van der Waals surface area contributed by atoms with Crippen molar-refractivity contribution in [2.24, 2.45) is 0 Å². The van der Waals surface area contributed by atoms with Gasteiger partial charge in [-0.3, -0.25) is 13.8 Å². The van der Waals surface area contributed by atoms with E-state index >= 15 is 0 Å². The molecule has 0 aliphatic rings. The summed E-state index contributed by atoms with van der Waals surface area (Å²) in [6, 6.07) is -0.761. The van der Waals surface area contributed by atoms with E-state index in [9.17, 15) is 19.4 Å². The van der Waals surface area contributed by atoms with E-state index in [2.05, 4.69) is 79.9 Å². The van der Waals surface area contributed by atoms with E-state index in [-0.39, 0.29) is 19.1 Å². The molecule has 0 bridgehead atoms. The molecule has 1 amide bonds. The Morgan fingerprint density at radius 3 is 1.09 bits per heavy atom. The third-order valence-corrected chi connectivity index (χ3v) is 17.0. The van der Waals surface area contributed by atoms with E-state index in [4.69, 9.17) is 9.05 Å². The lowest BCUT2D eigenvalue weighted by atomic mass is 10.0. The number of carbonyl (C=O) groups excluding carboxylic acids is 1. The van der Waals surface area contributed by atoms with Gasteiger partial charge in [-0.15, -0.1) is 0 Å². The first kappa shape index (κ1) is 79.2. The van der Waals surface area contributed by atoms with Crippen molar-refractivity contribution in [1.82, 2.24) is 5.32 Å². The Balaban J connectivity index is 3.92. The molecule has 0 aromatic rings. The molecule has 0 aliphatic heterocycles. The van der Waals surface area contributed by atoms with Gasteiger partial charge in [-0.1, -0.05) is 338 Å². The molecule has 0 saturated heterocycles. The number of hydrogen-bond donors (Lipinski definition) is 3. The first-order chi connectivity index (χ1) is 39.5. The fraction of sp³-hybridized carbons (Fsp3) is 0.847. The smallest absolute Gasteiger partial charge is 0.391 e. The van der Waals surface area contributed by atoms with Gasteiger partial charge in [0.25, 0.3) is 0 Å². The van der Waals surface area contributed by atoms with Gasteiger partial charge in [-0.25, -0.2) is 4.57 Å². The first-order valence-corrected chi connectivity index (χ1v) is 36.6. The highest BCUT2D eigenvalue weighted by molar-refractivity contribution is 7.47. The maximum Gasteiger partial charge on any atom is 0.472 e. The first-order valence-electron chi connectivity index (χ1n) is 35.2. The number of phosphoric ester groups is 1. The van der Waals surface area contributed by atoms with Crippen LogP contribution in [0.4, 0.5) is 0 Å². The van der Waals surface area contributed by atoms with Crippen LogP contribution in [0.2, 0.25) is 0 Å². The van der Waals surface area contributed by atoms with Gasteiger partial charge in [0.05, 0.1) is 39.9 Å². The van der Waals surface area contributed by atoms with Crippen molar-refractivity contribution in [3.05, 3.63) is 60.8 Å². The molecule has 0 spiro atoms. The zero-order valence-corrected chi connectivity index (χ0v) is 55.4. The maximum atomic E-state index is 13.1. The molecular weight excluding hydrogens is 1020 g/mol. The molecule has 0 radical (unpaired) electrons. The highest BCUT2D eigenvalue weighted by Crippen LogP contribution is 2.43. The number of nitrogens with zero attached hydrogens (tertiary/aromatic N) is 1. The van der Waals surface area contributed by atoms with Crippen LogP contribution in [-0.4, -0.2) is 73.4 Å². The van der Waals surface area contributed by atoms with E-state index in [0.29, 0.717) is 23.9 Å². The highest BCUT2D eigenvalue weighted by atomic mass is 31.2. The summed E-state index contributed by atoms with van der Waals surface area (Å²) in [5.41, 5.74) is 0. The predicted octanol–water partition coefficient (Wildman–Crippen LogP) is 22.4. The third-order valence-electron chi connectivity index (χ3n) is 16.0. The number of allylic oxidation sites excluding steroid dienone is 10. The molecular formula is C72H138N2O6P+. The molecule has 9 heteroatoms. The van der Waals surface area contributed by atoms with E-state index in [1.165, 1.54) is 244 Å². The summed E-state index contributed by atoms with van der Waals surface area (Å²) in [7, 11) is 1.63. The Kier molecular flexibility index (Phi) is 61.3. The van der Waals surface area contributed by atoms with Crippen molar-refractivity contribution in [2.45, 2.75) is 353 Å². The van der Waals surface area contributed by atoms with Crippen LogP contribution in [0.5, 0.6) is 0 Å². The van der Waals surface area contributed by atoms with Crippen LogP contribution in [0.3, 0.4) is 0 Å². The normalized spacial score (nSPS) is 14.0. The number of unbranched alkanes of at least 4 members (excludes halogenated alkanes) is 42. The molecule has 0 aromatic carbocycles. The number of hydrogen-bond acceptors (Lipinski definition) is 5. The van der Waals surface area contributed by atoms with Gasteiger partial charge in [-0.2, -0.15) is 0 Å². The number of likely N-dealkylation sites (N-methyl/N-ethyl adjacent to an activating group) is 1. The second-order valence-electron chi connectivity index (χ2n) is 25.2. The minimum atomic E-state index is -4.33. The molecule has 81 heavy (non-hydrogen) atoms. The summed E-state index contributed by atoms with van der Waals surface area (Å²) in [5.74, 6) is -0.138. The molecule has 476 valence electrons. The number of aliphatic hydroxyl groups is 1. The average Bonchev–Trinajstić information content (AvgIpc) is 3.43. The summed E-state index contributed by atoms with van der Waals surface area (Å²) in [5, 5.41) is 14.1. The number of rotatable bonds is 65. The van der Waals surface area contributed by atoms with Gasteiger partial charge in [0.15, 0.2) is 0 Å². The average molecular weight is 1160 g/mol. The molecule has 8 nitrogen and oxygen atoms in total. The van der Waals surface area contributed by atoms with E-state index in [0.717, 1.165) is 70.6 Å². The molecule has 0 fully saturated rings. The Morgan fingerprint density at radius 2 is 0.741 bits per heavy atom. The molecule has 0 saturated carbocycles.